The number of ether oxygens (including phenoxy) is 7. The number of ketones is 1. The van der Waals surface area contributed by atoms with Crippen LogP contribution in [0.3, 0.4) is 0 Å². The first-order valence-electron chi connectivity index (χ1n) is 12.4. The van der Waals surface area contributed by atoms with Gasteiger partial charge in [0.2, 0.25) is 11.9 Å². The zero-order valence-electron chi connectivity index (χ0n) is 21.6. The SMILES string of the molecule is COc1c2c(c(O)c3c4c(c(C)cc13)[C@@H]1O[C@@]3(C(OC)OC)O[C@@H]1[C@@](O)(O4)[C@@]31CO1)C(=O)C(C)(C)CC2. The number of hydrogen-bond acceptors (Lipinski definition) is 10. The van der Waals surface area contributed by atoms with E-state index in [1.54, 1.807) is 7.11 Å². The van der Waals surface area contributed by atoms with Crippen molar-refractivity contribution in [1.29, 1.82) is 0 Å². The van der Waals surface area contributed by atoms with Gasteiger partial charge in [-0.1, -0.05) is 13.8 Å². The third kappa shape index (κ3) is 2.41. The summed E-state index contributed by atoms with van der Waals surface area (Å²) in [4.78, 5) is 13.5. The van der Waals surface area contributed by atoms with Gasteiger partial charge in [0.1, 0.15) is 23.4 Å². The molecule has 0 unspecified atom stereocenters. The molecule has 2 aromatic carbocycles. The Morgan fingerprint density at radius 2 is 1.86 bits per heavy atom. The lowest BCUT2D eigenvalue weighted by molar-refractivity contribution is -0.344. The van der Waals surface area contributed by atoms with Gasteiger partial charge in [-0.25, -0.2) is 0 Å². The van der Waals surface area contributed by atoms with Crippen LogP contribution in [0.15, 0.2) is 6.07 Å². The highest BCUT2D eigenvalue weighted by molar-refractivity contribution is 6.13. The van der Waals surface area contributed by atoms with Gasteiger partial charge in [-0.3, -0.25) is 4.79 Å². The lowest BCUT2D eigenvalue weighted by Gasteiger charge is -2.47. The molecule has 0 aromatic heterocycles. The van der Waals surface area contributed by atoms with Crippen molar-refractivity contribution in [2.45, 2.75) is 69.3 Å². The van der Waals surface area contributed by atoms with Crippen LogP contribution in [0, 0.1) is 12.3 Å². The Morgan fingerprint density at radius 1 is 1.16 bits per heavy atom. The molecule has 1 aliphatic carbocycles. The third-order valence-corrected chi connectivity index (χ3v) is 8.99. The lowest BCUT2D eigenvalue weighted by atomic mass is 9.71. The normalized spacial score (nSPS) is 36.2. The van der Waals surface area contributed by atoms with Gasteiger partial charge in [-0.15, -0.1) is 0 Å². The van der Waals surface area contributed by atoms with Crippen molar-refractivity contribution in [3.05, 3.63) is 28.3 Å². The number of rotatable bonds is 4. The van der Waals surface area contributed by atoms with Crippen LogP contribution in [0.1, 0.15) is 53.4 Å². The van der Waals surface area contributed by atoms with Gasteiger partial charge >= 0.3 is 0 Å². The zero-order valence-corrected chi connectivity index (χ0v) is 21.6. The number of epoxide rings is 1. The van der Waals surface area contributed by atoms with Crippen LogP contribution in [0.5, 0.6) is 17.2 Å². The van der Waals surface area contributed by atoms with Crippen LogP contribution < -0.4 is 9.47 Å². The molecule has 37 heavy (non-hydrogen) atoms. The molecule has 2 aromatic rings. The van der Waals surface area contributed by atoms with E-state index in [-0.39, 0.29) is 34.8 Å². The summed E-state index contributed by atoms with van der Waals surface area (Å²) in [5.74, 6) is -3.15. The molecular weight excluding hydrogens is 484 g/mol. The first-order chi connectivity index (χ1) is 17.5. The highest BCUT2D eigenvalue weighted by atomic mass is 16.9. The molecule has 0 radical (unpaired) electrons. The molecule has 5 aliphatic rings. The number of aliphatic hydroxyl groups is 1. The zero-order chi connectivity index (χ0) is 26.3. The minimum absolute atomic E-state index is 0.0897. The van der Waals surface area contributed by atoms with Gasteiger partial charge in [0, 0.05) is 36.1 Å². The summed E-state index contributed by atoms with van der Waals surface area (Å²) in [6.07, 6.45) is -1.49. The molecular formula is C27H30O10. The predicted octanol–water partition coefficient (Wildman–Crippen LogP) is 2.65. The van der Waals surface area contributed by atoms with E-state index in [1.165, 1.54) is 14.2 Å². The molecule has 1 spiro atoms. The van der Waals surface area contributed by atoms with Crippen LogP contribution >= 0.6 is 0 Å². The second-order valence-electron chi connectivity index (χ2n) is 11.3. The van der Waals surface area contributed by atoms with Gasteiger partial charge in [0.25, 0.3) is 11.6 Å². The van der Waals surface area contributed by atoms with Gasteiger partial charge in [-0.2, -0.15) is 0 Å². The molecule has 2 bridgehead atoms. The summed E-state index contributed by atoms with van der Waals surface area (Å²) in [6.45, 7) is 5.73. The van der Waals surface area contributed by atoms with Crippen molar-refractivity contribution in [2.24, 2.45) is 5.41 Å². The number of aryl methyl sites for hydroxylation is 1. The number of phenols is 1. The number of benzene rings is 2. The van der Waals surface area contributed by atoms with E-state index in [4.69, 9.17) is 33.2 Å². The maximum Gasteiger partial charge on any atom is 0.274 e. The standard InChI is InChI=1S/C27H30O10/c1-11-9-13-15(17(28)16-12(18(13)31-4)7-8-24(2,3)21(16)29)19-14(11)20-22-26(30,35-19)25(10-34-25)27(36-20,37-22)23(32-5)33-6/h9,20,22-23,28,30H,7-8,10H2,1-6H3/t20-,22-,25-,26+,27-/m0/s1. The average Bonchev–Trinajstić information content (AvgIpc) is 3.53. The summed E-state index contributed by atoms with van der Waals surface area (Å²) < 4.78 is 41.9. The van der Waals surface area contributed by atoms with Crippen LogP contribution in [0.4, 0.5) is 0 Å². The van der Waals surface area contributed by atoms with E-state index in [0.717, 1.165) is 5.56 Å². The summed E-state index contributed by atoms with van der Waals surface area (Å²) in [7, 11) is 4.46. The van der Waals surface area contributed by atoms with E-state index < -0.39 is 41.1 Å². The topological polar surface area (TPSA) is 125 Å². The Labute approximate surface area is 213 Å². The quantitative estimate of drug-likeness (QED) is 0.465. The monoisotopic (exact) mass is 514 g/mol. The minimum atomic E-state index is -1.96. The smallest absolute Gasteiger partial charge is 0.274 e. The van der Waals surface area contributed by atoms with Crippen LogP contribution in [0.2, 0.25) is 0 Å². The van der Waals surface area contributed by atoms with Gasteiger partial charge in [0.05, 0.1) is 24.7 Å². The predicted molar refractivity (Wildman–Crippen MR) is 127 cm³/mol. The summed E-state index contributed by atoms with van der Waals surface area (Å²) in [5.41, 5.74) is 0.249. The molecule has 4 heterocycles. The average molecular weight is 515 g/mol. The Morgan fingerprint density at radius 3 is 2.49 bits per heavy atom. The highest BCUT2D eigenvalue weighted by Gasteiger charge is 2.92. The first-order valence-corrected chi connectivity index (χ1v) is 12.4. The largest absolute Gasteiger partial charge is 0.506 e. The number of aromatic hydroxyl groups is 1. The minimum Gasteiger partial charge on any atom is -0.506 e. The van der Waals surface area contributed by atoms with Crippen molar-refractivity contribution in [2.75, 3.05) is 27.9 Å². The van der Waals surface area contributed by atoms with Crippen molar-refractivity contribution < 1.29 is 48.2 Å². The number of hydrogen-bond donors (Lipinski definition) is 2. The van der Waals surface area contributed by atoms with E-state index in [1.807, 2.05) is 26.8 Å². The Hall–Kier alpha value is -2.47. The Bertz CT molecular complexity index is 1390. The van der Waals surface area contributed by atoms with Crippen molar-refractivity contribution >= 4 is 16.6 Å². The fourth-order valence-corrected chi connectivity index (χ4v) is 7.00. The van der Waals surface area contributed by atoms with Gasteiger partial charge in [-0.05, 0) is 31.4 Å². The maximum absolute atomic E-state index is 13.5. The number of fused-ring (bicyclic) bond motifs is 8. The molecule has 5 atom stereocenters. The van der Waals surface area contributed by atoms with Crippen molar-refractivity contribution in [3.63, 3.8) is 0 Å². The molecule has 4 aliphatic heterocycles. The first kappa shape index (κ1) is 23.6. The number of carbonyl (C=O) groups excluding carboxylic acids is 1. The molecule has 2 N–H and O–H groups in total. The third-order valence-electron chi connectivity index (χ3n) is 8.99. The van der Waals surface area contributed by atoms with E-state index in [2.05, 4.69) is 0 Å². The van der Waals surface area contributed by atoms with Gasteiger partial charge in [0.15, 0.2) is 11.9 Å². The second kappa shape index (κ2) is 6.93. The van der Waals surface area contributed by atoms with E-state index >= 15 is 0 Å². The number of phenolic OH excluding ortho intramolecular Hbond substituents is 1. The number of methoxy groups -OCH3 is 3. The van der Waals surface area contributed by atoms with Crippen LogP contribution in [-0.4, -0.2) is 73.5 Å². The van der Waals surface area contributed by atoms with Crippen LogP contribution in [0.25, 0.3) is 10.8 Å². The molecule has 7 rings (SSSR count). The fraction of sp³-hybridized carbons (Fsp3) is 0.593. The molecule has 0 amide bonds. The maximum atomic E-state index is 13.5. The molecule has 10 nitrogen and oxygen atoms in total. The summed E-state index contributed by atoms with van der Waals surface area (Å²) in [5, 5.41) is 24.6. The van der Waals surface area contributed by atoms with E-state index in [0.29, 0.717) is 35.1 Å². The molecule has 198 valence electrons. The van der Waals surface area contributed by atoms with Crippen LogP contribution in [-0.2, 0) is 30.1 Å². The molecule has 3 fully saturated rings. The fourth-order valence-electron chi connectivity index (χ4n) is 7.00. The second-order valence-corrected chi connectivity index (χ2v) is 11.3. The summed E-state index contributed by atoms with van der Waals surface area (Å²) >= 11 is 0. The Kier molecular flexibility index (Phi) is 4.43. The van der Waals surface area contributed by atoms with Crippen molar-refractivity contribution in [3.8, 4) is 17.2 Å². The Balaban J connectivity index is 1.52. The van der Waals surface area contributed by atoms with E-state index in [9.17, 15) is 15.0 Å². The van der Waals surface area contributed by atoms with Crippen molar-refractivity contribution in [1.82, 2.24) is 0 Å². The van der Waals surface area contributed by atoms with Gasteiger partial charge < -0.3 is 43.4 Å². The molecule has 10 heteroatoms. The highest BCUT2D eigenvalue weighted by Crippen LogP contribution is 2.71. The number of carbonyl (C=O) groups is 1. The lowest BCUT2D eigenvalue weighted by Crippen LogP contribution is -2.69. The molecule has 3 saturated heterocycles. The summed E-state index contributed by atoms with van der Waals surface area (Å²) in [6, 6.07) is 1.89. The number of Topliss-reactive ketones (excluding diaryl/α,β-unsaturated/α-hetero) is 1. The molecule has 0 saturated carbocycles.